The molecule has 0 bridgehead atoms. The summed E-state index contributed by atoms with van der Waals surface area (Å²) in [6.45, 7) is 0.995. The largest absolute Gasteiger partial charge is 0.310 e. The lowest BCUT2D eigenvalue weighted by Crippen LogP contribution is -2.34. The van der Waals surface area contributed by atoms with Gasteiger partial charge in [-0.2, -0.15) is 0 Å². The van der Waals surface area contributed by atoms with Crippen molar-refractivity contribution in [3.8, 4) is 0 Å². The van der Waals surface area contributed by atoms with Gasteiger partial charge < -0.3 is 5.32 Å². The van der Waals surface area contributed by atoms with Crippen LogP contribution in [0.1, 0.15) is 18.0 Å². The molecule has 6 heteroatoms. The minimum absolute atomic E-state index is 0. The highest BCUT2D eigenvalue weighted by Gasteiger charge is 2.21. The van der Waals surface area contributed by atoms with E-state index in [2.05, 4.69) is 21.2 Å². The average Bonchev–Trinajstić information content (AvgIpc) is 2.04. The standard InChI is InChI=1S/C9H9BrN2O2.ClH/c10-7-2-1-6(8-3-4-11-8)5-9(7)12(13)14;/h1-2,5,8,11H,3-4H2;1H/t8-;/m0./s1. The average molecular weight is 294 g/mol. The predicted octanol–water partition coefficient (Wildman–Crippen LogP) is 2.81. The van der Waals surface area contributed by atoms with E-state index in [9.17, 15) is 10.1 Å². The molecule has 82 valence electrons. The van der Waals surface area contributed by atoms with Crippen molar-refractivity contribution in [2.75, 3.05) is 6.54 Å². The molecule has 0 unspecified atom stereocenters. The number of nitro groups is 1. The van der Waals surface area contributed by atoms with Crippen LogP contribution in [0.4, 0.5) is 5.69 Å². The summed E-state index contributed by atoms with van der Waals surface area (Å²) in [7, 11) is 0. The van der Waals surface area contributed by atoms with Crippen molar-refractivity contribution in [2.24, 2.45) is 0 Å². The molecule has 1 atom stereocenters. The van der Waals surface area contributed by atoms with Gasteiger partial charge in [0.05, 0.1) is 9.40 Å². The smallest absolute Gasteiger partial charge is 0.283 e. The fourth-order valence-electron chi connectivity index (χ4n) is 1.46. The van der Waals surface area contributed by atoms with Crippen LogP contribution in [0, 0.1) is 10.1 Å². The molecule has 1 aromatic rings. The van der Waals surface area contributed by atoms with Crippen molar-refractivity contribution in [3.63, 3.8) is 0 Å². The van der Waals surface area contributed by atoms with Crippen LogP contribution in [0.25, 0.3) is 0 Å². The van der Waals surface area contributed by atoms with E-state index >= 15 is 0 Å². The van der Waals surface area contributed by atoms with Gasteiger partial charge in [-0.3, -0.25) is 10.1 Å². The molecule has 1 fully saturated rings. The van der Waals surface area contributed by atoms with Gasteiger partial charge in [0.15, 0.2) is 0 Å². The molecule has 15 heavy (non-hydrogen) atoms. The van der Waals surface area contributed by atoms with Crippen LogP contribution < -0.4 is 5.32 Å². The summed E-state index contributed by atoms with van der Waals surface area (Å²) in [4.78, 5) is 10.3. The van der Waals surface area contributed by atoms with E-state index in [0.29, 0.717) is 10.5 Å². The maximum absolute atomic E-state index is 10.7. The third kappa shape index (κ3) is 2.48. The molecule has 0 amide bonds. The second kappa shape index (κ2) is 4.92. The molecule has 1 N–H and O–H groups in total. The molecule has 0 spiro atoms. The van der Waals surface area contributed by atoms with Gasteiger partial charge in [-0.1, -0.05) is 6.07 Å². The quantitative estimate of drug-likeness (QED) is 0.674. The number of nitrogens with zero attached hydrogens (tertiary/aromatic N) is 1. The van der Waals surface area contributed by atoms with Gasteiger partial charge in [0, 0.05) is 12.1 Å². The monoisotopic (exact) mass is 292 g/mol. The summed E-state index contributed by atoms with van der Waals surface area (Å²) in [5, 5.41) is 13.9. The zero-order chi connectivity index (χ0) is 10.1. The Balaban J connectivity index is 0.00000112. The maximum Gasteiger partial charge on any atom is 0.283 e. The SMILES string of the molecule is Cl.O=[N+]([O-])c1cc([C@@H]2CCN2)ccc1Br. The highest BCUT2D eigenvalue weighted by Crippen LogP contribution is 2.30. The Kier molecular flexibility index (Phi) is 4.07. The van der Waals surface area contributed by atoms with Crippen molar-refractivity contribution in [1.29, 1.82) is 0 Å². The molecule has 0 aliphatic carbocycles. The molecule has 1 aliphatic heterocycles. The van der Waals surface area contributed by atoms with Gasteiger partial charge in [0.25, 0.3) is 5.69 Å². The first-order valence-electron chi connectivity index (χ1n) is 4.35. The summed E-state index contributed by atoms with van der Waals surface area (Å²) < 4.78 is 0.533. The van der Waals surface area contributed by atoms with E-state index in [4.69, 9.17) is 0 Å². The molecule has 0 aromatic heterocycles. The van der Waals surface area contributed by atoms with Gasteiger partial charge in [-0.25, -0.2) is 0 Å². The fraction of sp³-hybridized carbons (Fsp3) is 0.333. The van der Waals surface area contributed by atoms with E-state index in [1.54, 1.807) is 12.1 Å². The first-order valence-corrected chi connectivity index (χ1v) is 5.15. The lowest BCUT2D eigenvalue weighted by atomic mass is 9.98. The Morgan fingerprint density at radius 2 is 2.20 bits per heavy atom. The Bertz CT molecular complexity index is 382. The van der Waals surface area contributed by atoms with Crippen molar-refractivity contribution < 1.29 is 4.92 Å². The van der Waals surface area contributed by atoms with Gasteiger partial charge in [-0.15, -0.1) is 12.4 Å². The highest BCUT2D eigenvalue weighted by molar-refractivity contribution is 9.10. The minimum atomic E-state index is -0.369. The zero-order valence-electron chi connectivity index (χ0n) is 7.77. The fourth-order valence-corrected chi connectivity index (χ4v) is 1.85. The Morgan fingerprint density at radius 1 is 1.53 bits per heavy atom. The first-order chi connectivity index (χ1) is 6.68. The highest BCUT2D eigenvalue weighted by atomic mass is 79.9. The van der Waals surface area contributed by atoms with E-state index in [0.717, 1.165) is 18.5 Å². The summed E-state index contributed by atoms with van der Waals surface area (Å²) >= 11 is 3.16. The van der Waals surface area contributed by atoms with Crippen molar-refractivity contribution in [2.45, 2.75) is 12.5 Å². The summed E-state index contributed by atoms with van der Waals surface area (Å²) in [5.41, 5.74) is 1.13. The third-order valence-corrected chi connectivity index (χ3v) is 3.06. The molecule has 1 saturated heterocycles. The molecule has 2 rings (SSSR count). The van der Waals surface area contributed by atoms with Crippen LogP contribution in [-0.2, 0) is 0 Å². The molecule has 4 nitrogen and oxygen atoms in total. The van der Waals surface area contributed by atoms with Gasteiger partial charge in [0.1, 0.15) is 0 Å². The normalized spacial score (nSPS) is 18.9. The van der Waals surface area contributed by atoms with Crippen LogP contribution in [-0.4, -0.2) is 11.5 Å². The lowest BCUT2D eigenvalue weighted by Gasteiger charge is -2.27. The van der Waals surface area contributed by atoms with Crippen LogP contribution in [0.2, 0.25) is 0 Å². The number of nitrogens with one attached hydrogen (secondary N) is 1. The maximum atomic E-state index is 10.7. The van der Waals surface area contributed by atoms with E-state index in [-0.39, 0.29) is 23.0 Å². The molecule has 0 radical (unpaired) electrons. The minimum Gasteiger partial charge on any atom is -0.310 e. The lowest BCUT2D eigenvalue weighted by molar-refractivity contribution is -0.385. The Labute approximate surface area is 102 Å². The summed E-state index contributed by atoms with van der Waals surface area (Å²) in [6.07, 6.45) is 1.05. The third-order valence-electron chi connectivity index (χ3n) is 2.39. The molecule has 1 heterocycles. The summed E-state index contributed by atoms with van der Waals surface area (Å²) in [5.74, 6) is 0. The van der Waals surface area contributed by atoms with Crippen molar-refractivity contribution in [1.82, 2.24) is 5.32 Å². The summed E-state index contributed by atoms with van der Waals surface area (Å²) in [6, 6.07) is 5.56. The first kappa shape index (κ1) is 12.4. The van der Waals surface area contributed by atoms with Gasteiger partial charge >= 0.3 is 0 Å². The zero-order valence-corrected chi connectivity index (χ0v) is 10.2. The molecule has 0 saturated carbocycles. The van der Waals surface area contributed by atoms with Crippen LogP contribution in [0.3, 0.4) is 0 Å². The van der Waals surface area contributed by atoms with E-state index in [1.165, 1.54) is 0 Å². The number of hydrogen-bond donors (Lipinski definition) is 1. The number of hydrogen-bond acceptors (Lipinski definition) is 3. The molecule has 1 aliphatic rings. The van der Waals surface area contributed by atoms with Crippen molar-refractivity contribution >= 4 is 34.0 Å². The number of nitro benzene ring substituents is 1. The van der Waals surface area contributed by atoms with Crippen LogP contribution in [0.5, 0.6) is 0 Å². The molecule has 1 aromatic carbocycles. The number of benzene rings is 1. The van der Waals surface area contributed by atoms with Crippen molar-refractivity contribution in [3.05, 3.63) is 38.3 Å². The van der Waals surface area contributed by atoms with Gasteiger partial charge in [-0.05, 0) is 40.5 Å². The Hall–Kier alpha value is -0.650. The second-order valence-corrected chi connectivity index (χ2v) is 4.12. The van der Waals surface area contributed by atoms with Gasteiger partial charge in [0.2, 0.25) is 0 Å². The molecular formula is C9H10BrClN2O2. The topological polar surface area (TPSA) is 55.2 Å². The van der Waals surface area contributed by atoms with Crippen LogP contribution in [0.15, 0.2) is 22.7 Å². The molecular weight excluding hydrogens is 283 g/mol. The number of rotatable bonds is 2. The van der Waals surface area contributed by atoms with E-state index in [1.807, 2.05) is 6.07 Å². The van der Waals surface area contributed by atoms with Crippen LogP contribution >= 0.6 is 28.3 Å². The predicted molar refractivity (Wildman–Crippen MR) is 63.4 cm³/mol. The number of halogens is 2. The van der Waals surface area contributed by atoms with E-state index < -0.39 is 0 Å². The second-order valence-electron chi connectivity index (χ2n) is 3.26. The Morgan fingerprint density at radius 3 is 2.67 bits per heavy atom.